The van der Waals surface area contributed by atoms with Crippen LogP contribution in [0.25, 0.3) is 0 Å². The Balaban J connectivity index is 0. The van der Waals surface area contributed by atoms with E-state index in [0.29, 0.717) is 52.1 Å². The highest BCUT2D eigenvalue weighted by Gasteiger charge is 2.31. The van der Waals surface area contributed by atoms with Crippen molar-refractivity contribution in [3.05, 3.63) is 0 Å². The molecule has 0 amide bonds. The van der Waals surface area contributed by atoms with Crippen LogP contribution < -0.4 is 0 Å². The predicted octanol–water partition coefficient (Wildman–Crippen LogP) is 14.8. The molecule has 0 aliphatic carbocycles. The molecule has 0 aliphatic heterocycles. The summed E-state index contributed by atoms with van der Waals surface area (Å²) < 4.78 is 22.1. The van der Waals surface area contributed by atoms with E-state index in [1.807, 2.05) is 13.8 Å². The van der Waals surface area contributed by atoms with Crippen molar-refractivity contribution in [3.8, 4) is 0 Å². The van der Waals surface area contributed by atoms with Gasteiger partial charge in [0.2, 0.25) is 0 Å². The zero-order chi connectivity index (χ0) is 43.6. The highest BCUT2D eigenvalue weighted by molar-refractivity contribution is 5.70. The summed E-state index contributed by atoms with van der Waals surface area (Å²) in [6.07, 6.45) is 33.8. The van der Waals surface area contributed by atoms with Crippen molar-refractivity contribution in [2.75, 3.05) is 26.4 Å². The number of esters is 4. The van der Waals surface area contributed by atoms with E-state index in [1.165, 1.54) is 103 Å². The third-order valence-electron chi connectivity index (χ3n) is 11.1. The zero-order valence-corrected chi connectivity index (χ0v) is 39.7. The van der Waals surface area contributed by atoms with Gasteiger partial charge in [0.1, 0.15) is 13.2 Å². The molecular weight excluding hydrogens is 729 g/mol. The Kier molecular flexibility index (Phi) is 41.6. The highest BCUT2D eigenvalue weighted by Crippen LogP contribution is 2.31. The van der Waals surface area contributed by atoms with Crippen molar-refractivity contribution < 1.29 is 38.1 Å². The Labute approximate surface area is 359 Å². The van der Waals surface area contributed by atoms with Gasteiger partial charge in [-0.25, -0.2) is 0 Å². The summed E-state index contributed by atoms with van der Waals surface area (Å²) in [6, 6.07) is 0. The van der Waals surface area contributed by atoms with Crippen LogP contribution in [0.4, 0.5) is 0 Å². The molecular formula is C50H96O8. The third-order valence-corrected chi connectivity index (χ3v) is 11.1. The maximum absolute atomic E-state index is 12.1. The van der Waals surface area contributed by atoms with Gasteiger partial charge in [0, 0.05) is 36.5 Å². The van der Waals surface area contributed by atoms with Gasteiger partial charge in [-0.2, -0.15) is 0 Å². The monoisotopic (exact) mass is 825 g/mol. The van der Waals surface area contributed by atoms with Crippen LogP contribution in [0.1, 0.15) is 261 Å². The molecule has 0 aliphatic rings. The molecule has 0 rings (SSSR count). The molecule has 0 unspecified atom stereocenters. The molecule has 0 saturated carbocycles. The topological polar surface area (TPSA) is 105 Å². The van der Waals surface area contributed by atoms with E-state index in [2.05, 4.69) is 41.5 Å². The van der Waals surface area contributed by atoms with Crippen molar-refractivity contribution in [2.45, 2.75) is 261 Å². The van der Waals surface area contributed by atoms with Crippen LogP contribution in [0.15, 0.2) is 0 Å². The number of hydrogen-bond donors (Lipinski definition) is 0. The molecule has 0 N–H and O–H groups in total. The summed E-state index contributed by atoms with van der Waals surface area (Å²) in [6.45, 7) is 18.3. The van der Waals surface area contributed by atoms with Crippen LogP contribution in [-0.2, 0) is 38.1 Å². The van der Waals surface area contributed by atoms with E-state index in [0.717, 1.165) is 77.0 Å². The average molecular weight is 825 g/mol. The highest BCUT2D eigenvalue weighted by atomic mass is 16.6. The molecule has 0 bridgehead atoms. The minimum Gasteiger partial charge on any atom is -0.465 e. The Hall–Kier alpha value is -2.12. The Morgan fingerprint density at radius 2 is 0.569 bits per heavy atom. The predicted molar refractivity (Wildman–Crippen MR) is 242 cm³/mol. The summed E-state index contributed by atoms with van der Waals surface area (Å²) in [7, 11) is 0. The molecule has 0 aromatic rings. The molecule has 0 aromatic carbocycles. The summed E-state index contributed by atoms with van der Waals surface area (Å²) in [5, 5.41) is 0. The van der Waals surface area contributed by atoms with Crippen LogP contribution in [0, 0.1) is 10.8 Å². The molecule has 0 fully saturated rings. The second-order valence-electron chi connectivity index (χ2n) is 17.8. The Bertz CT molecular complexity index is 895. The van der Waals surface area contributed by atoms with Crippen LogP contribution in [0.2, 0.25) is 0 Å². The van der Waals surface area contributed by atoms with E-state index in [9.17, 15) is 19.2 Å². The van der Waals surface area contributed by atoms with Gasteiger partial charge in [0.05, 0.1) is 13.2 Å². The number of ether oxygens (including phenoxy) is 4. The number of rotatable bonds is 40. The van der Waals surface area contributed by atoms with Gasteiger partial charge < -0.3 is 18.9 Å². The fourth-order valence-electron chi connectivity index (χ4n) is 6.67. The molecule has 0 spiro atoms. The third kappa shape index (κ3) is 39.3. The zero-order valence-electron chi connectivity index (χ0n) is 39.7. The lowest BCUT2D eigenvalue weighted by atomic mass is 9.81. The standard InChI is InChI=1S/2C25H48O4/c1-5-7-9-11-13-15-17-19-23(26)28-21-25(3,4)22-29-24(27)20-18-16-14-12-10-8-6-2;1-5-9-12-14-16-18-23(26)28-21-25(8-4,20-11-7-3)22-29-24(27)19-17-15-13-10-6-2/h2*5-22H2,1-4H3. The van der Waals surface area contributed by atoms with Crippen LogP contribution in [-0.4, -0.2) is 50.3 Å². The summed E-state index contributed by atoms with van der Waals surface area (Å²) in [4.78, 5) is 48.1. The van der Waals surface area contributed by atoms with E-state index in [-0.39, 0.29) is 34.7 Å². The van der Waals surface area contributed by atoms with E-state index in [4.69, 9.17) is 18.9 Å². The first-order chi connectivity index (χ1) is 27.9. The number of hydrogen-bond acceptors (Lipinski definition) is 8. The number of carbonyl (C=O) groups is 4. The minimum absolute atomic E-state index is 0.113. The summed E-state index contributed by atoms with van der Waals surface area (Å²) in [5.41, 5.74) is -0.586. The first-order valence-corrected chi connectivity index (χ1v) is 24.6. The fraction of sp³-hybridized carbons (Fsp3) is 0.920. The lowest BCUT2D eigenvalue weighted by Crippen LogP contribution is -2.34. The van der Waals surface area contributed by atoms with Gasteiger partial charge in [-0.3, -0.25) is 19.2 Å². The Morgan fingerprint density at radius 3 is 0.828 bits per heavy atom. The van der Waals surface area contributed by atoms with Gasteiger partial charge in [-0.1, -0.05) is 197 Å². The number of carbonyl (C=O) groups excluding carboxylic acids is 4. The first kappa shape index (κ1) is 58.0. The van der Waals surface area contributed by atoms with Gasteiger partial charge >= 0.3 is 23.9 Å². The summed E-state index contributed by atoms with van der Waals surface area (Å²) in [5.74, 6) is -0.502. The van der Waals surface area contributed by atoms with Gasteiger partial charge in [0.25, 0.3) is 0 Å². The van der Waals surface area contributed by atoms with E-state index >= 15 is 0 Å². The second kappa shape index (κ2) is 41.6. The van der Waals surface area contributed by atoms with Gasteiger partial charge in [0.15, 0.2) is 0 Å². The van der Waals surface area contributed by atoms with Crippen LogP contribution >= 0.6 is 0 Å². The molecule has 0 radical (unpaired) electrons. The molecule has 0 heterocycles. The van der Waals surface area contributed by atoms with Crippen LogP contribution in [0.3, 0.4) is 0 Å². The first-order valence-electron chi connectivity index (χ1n) is 24.6. The van der Waals surface area contributed by atoms with Crippen molar-refractivity contribution in [3.63, 3.8) is 0 Å². The van der Waals surface area contributed by atoms with Crippen molar-refractivity contribution >= 4 is 23.9 Å². The van der Waals surface area contributed by atoms with Crippen molar-refractivity contribution in [2.24, 2.45) is 10.8 Å². The lowest BCUT2D eigenvalue weighted by Gasteiger charge is -2.31. The minimum atomic E-state index is -0.342. The maximum Gasteiger partial charge on any atom is 0.305 e. The molecule has 8 nitrogen and oxygen atoms in total. The average Bonchev–Trinajstić information content (AvgIpc) is 3.21. The van der Waals surface area contributed by atoms with Crippen molar-refractivity contribution in [1.29, 1.82) is 0 Å². The maximum atomic E-state index is 12.1. The fourth-order valence-corrected chi connectivity index (χ4v) is 6.67. The largest absolute Gasteiger partial charge is 0.465 e. The number of unbranched alkanes of at least 4 members (excludes halogenated alkanes) is 21. The molecule has 344 valence electrons. The normalized spacial score (nSPS) is 11.4. The van der Waals surface area contributed by atoms with Crippen LogP contribution in [0.5, 0.6) is 0 Å². The smallest absolute Gasteiger partial charge is 0.305 e. The molecule has 0 atom stereocenters. The summed E-state index contributed by atoms with van der Waals surface area (Å²) >= 11 is 0. The molecule has 58 heavy (non-hydrogen) atoms. The Morgan fingerprint density at radius 1 is 0.328 bits per heavy atom. The lowest BCUT2D eigenvalue weighted by molar-refractivity contribution is -0.156. The van der Waals surface area contributed by atoms with E-state index in [1.54, 1.807) is 0 Å². The molecule has 0 saturated heterocycles. The SMILES string of the molecule is CCCCCCCC(=O)OCC(CC)(CCCC)COC(=O)CCCCCCC.CCCCCCCCCC(=O)OCC(C)(C)COC(=O)CCCCCCCCC. The second-order valence-corrected chi connectivity index (χ2v) is 17.8. The van der Waals surface area contributed by atoms with Crippen molar-refractivity contribution in [1.82, 2.24) is 0 Å². The van der Waals surface area contributed by atoms with Gasteiger partial charge in [-0.05, 0) is 38.5 Å². The van der Waals surface area contributed by atoms with Gasteiger partial charge in [-0.15, -0.1) is 0 Å². The molecule has 0 aromatic heterocycles. The molecule has 8 heteroatoms. The quantitative estimate of drug-likeness (QED) is 0.0342. The van der Waals surface area contributed by atoms with E-state index < -0.39 is 0 Å².